The Labute approximate surface area is 70.2 Å². The number of benzene rings is 1. The standard InChI is InChI=1S/C9H11F2N/c10-8-3-1-2-7(4-8)5-9(11)6-12/h1-4,9H,5-6,12H2/t9-/m0/s1. The summed E-state index contributed by atoms with van der Waals surface area (Å²) in [5, 5.41) is 0. The molecule has 0 saturated carbocycles. The lowest BCUT2D eigenvalue weighted by Crippen LogP contribution is -2.17. The molecule has 2 N–H and O–H groups in total. The Hall–Kier alpha value is -0.960. The van der Waals surface area contributed by atoms with Gasteiger partial charge in [0.15, 0.2) is 0 Å². The fraction of sp³-hybridized carbons (Fsp3) is 0.333. The van der Waals surface area contributed by atoms with Gasteiger partial charge in [0.25, 0.3) is 0 Å². The lowest BCUT2D eigenvalue weighted by Gasteiger charge is -2.04. The van der Waals surface area contributed by atoms with Crippen molar-refractivity contribution in [3.05, 3.63) is 35.6 Å². The highest BCUT2D eigenvalue weighted by Gasteiger charge is 2.04. The Morgan fingerprint density at radius 2 is 2.17 bits per heavy atom. The van der Waals surface area contributed by atoms with Gasteiger partial charge in [-0.3, -0.25) is 0 Å². The molecule has 0 aliphatic heterocycles. The average molecular weight is 171 g/mol. The number of rotatable bonds is 3. The van der Waals surface area contributed by atoms with Crippen molar-refractivity contribution in [1.82, 2.24) is 0 Å². The Balaban J connectivity index is 2.63. The maximum Gasteiger partial charge on any atom is 0.123 e. The molecule has 0 saturated heterocycles. The highest BCUT2D eigenvalue weighted by molar-refractivity contribution is 5.17. The van der Waals surface area contributed by atoms with Crippen LogP contribution in [0.1, 0.15) is 5.56 Å². The first-order valence-corrected chi connectivity index (χ1v) is 3.81. The van der Waals surface area contributed by atoms with Crippen LogP contribution in [0.15, 0.2) is 24.3 Å². The fourth-order valence-corrected chi connectivity index (χ4v) is 1.00. The lowest BCUT2D eigenvalue weighted by molar-refractivity contribution is 0.340. The normalized spacial score (nSPS) is 12.9. The van der Waals surface area contributed by atoms with Crippen LogP contribution in [0, 0.1) is 5.82 Å². The van der Waals surface area contributed by atoms with Crippen molar-refractivity contribution < 1.29 is 8.78 Å². The molecule has 1 atom stereocenters. The highest BCUT2D eigenvalue weighted by atomic mass is 19.1. The van der Waals surface area contributed by atoms with Gasteiger partial charge < -0.3 is 5.73 Å². The zero-order chi connectivity index (χ0) is 8.97. The van der Waals surface area contributed by atoms with E-state index in [9.17, 15) is 8.78 Å². The molecular formula is C9H11F2N. The summed E-state index contributed by atoms with van der Waals surface area (Å²) in [4.78, 5) is 0. The van der Waals surface area contributed by atoms with E-state index in [4.69, 9.17) is 5.73 Å². The highest BCUT2D eigenvalue weighted by Crippen LogP contribution is 2.07. The Kier molecular flexibility index (Phi) is 3.17. The van der Waals surface area contributed by atoms with Crippen LogP contribution in [0.5, 0.6) is 0 Å². The van der Waals surface area contributed by atoms with Gasteiger partial charge in [-0.15, -0.1) is 0 Å². The summed E-state index contributed by atoms with van der Waals surface area (Å²) in [7, 11) is 0. The van der Waals surface area contributed by atoms with Crippen molar-refractivity contribution in [2.24, 2.45) is 5.73 Å². The third-order valence-electron chi connectivity index (χ3n) is 1.60. The van der Waals surface area contributed by atoms with Crippen LogP contribution in [0.25, 0.3) is 0 Å². The minimum Gasteiger partial charge on any atom is -0.328 e. The number of alkyl halides is 1. The molecule has 0 heterocycles. The minimum absolute atomic E-state index is 0.0173. The van der Waals surface area contributed by atoms with E-state index in [2.05, 4.69) is 0 Å². The zero-order valence-electron chi connectivity index (χ0n) is 6.63. The van der Waals surface area contributed by atoms with E-state index >= 15 is 0 Å². The van der Waals surface area contributed by atoms with Gasteiger partial charge in [0.05, 0.1) is 0 Å². The van der Waals surface area contributed by atoms with Gasteiger partial charge >= 0.3 is 0 Å². The first-order chi connectivity index (χ1) is 5.72. The molecule has 0 spiro atoms. The SMILES string of the molecule is NC[C@@H](F)Cc1cccc(F)c1. The van der Waals surface area contributed by atoms with Crippen LogP contribution in [-0.2, 0) is 6.42 Å². The van der Waals surface area contributed by atoms with E-state index in [-0.39, 0.29) is 18.8 Å². The summed E-state index contributed by atoms with van der Waals surface area (Å²) >= 11 is 0. The molecule has 0 aromatic heterocycles. The third-order valence-corrected chi connectivity index (χ3v) is 1.60. The van der Waals surface area contributed by atoms with Gasteiger partial charge in [-0.1, -0.05) is 12.1 Å². The summed E-state index contributed by atoms with van der Waals surface area (Å²) < 4.78 is 25.3. The van der Waals surface area contributed by atoms with Gasteiger partial charge in [-0.05, 0) is 17.7 Å². The van der Waals surface area contributed by atoms with E-state index in [0.717, 1.165) is 0 Å². The third kappa shape index (κ3) is 2.58. The van der Waals surface area contributed by atoms with Gasteiger partial charge in [0, 0.05) is 13.0 Å². The molecule has 1 aromatic carbocycles. The van der Waals surface area contributed by atoms with Crippen molar-refractivity contribution in [3.63, 3.8) is 0 Å². The van der Waals surface area contributed by atoms with E-state index in [1.807, 2.05) is 0 Å². The molecule has 66 valence electrons. The molecule has 1 aromatic rings. The van der Waals surface area contributed by atoms with Crippen LogP contribution in [-0.4, -0.2) is 12.7 Å². The predicted molar refractivity (Wildman–Crippen MR) is 44.1 cm³/mol. The molecule has 0 fully saturated rings. The maximum absolute atomic E-state index is 12.7. The van der Waals surface area contributed by atoms with E-state index in [1.165, 1.54) is 12.1 Å². The second kappa shape index (κ2) is 4.16. The average Bonchev–Trinajstić information content (AvgIpc) is 2.04. The number of halogens is 2. The summed E-state index contributed by atoms with van der Waals surface area (Å²) in [6, 6.07) is 5.90. The molecule has 0 bridgehead atoms. The van der Waals surface area contributed by atoms with Crippen LogP contribution in [0.2, 0.25) is 0 Å². The van der Waals surface area contributed by atoms with Crippen molar-refractivity contribution in [2.45, 2.75) is 12.6 Å². The largest absolute Gasteiger partial charge is 0.328 e. The molecule has 3 heteroatoms. The van der Waals surface area contributed by atoms with E-state index < -0.39 is 6.17 Å². The lowest BCUT2D eigenvalue weighted by atomic mass is 10.1. The quantitative estimate of drug-likeness (QED) is 0.735. The molecule has 0 unspecified atom stereocenters. The molecule has 12 heavy (non-hydrogen) atoms. The molecular weight excluding hydrogens is 160 g/mol. The van der Waals surface area contributed by atoms with Crippen LogP contribution < -0.4 is 5.73 Å². The van der Waals surface area contributed by atoms with Crippen molar-refractivity contribution in [1.29, 1.82) is 0 Å². The molecule has 1 rings (SSSR count). The van der Waals surface area contributed by atoms with E-state index in [0.29, 0.717) is 5.56 Å². The van der Waals surface area contributed by atoms with Crippen LogP contribution in [0.3, 0.4) is 0 Å². The molecule has 0 aliphatic rings. The minimum atomic E-state index is -1.08. The topological polar surface area (TPSA) is 26.0 Å². The smallest absolute Gasteiger partial charge is 0.123 e. The number of hydrogen-bond acceptors (Lipinski definition) is 1. The Morgan fingerprint density at radius 1 is 1.42 bits per heavy atom. The number of hydrogen-bond donors (Lipinski definition) is 1. The summed E-state index contributed by atoms with van der Waals surface area (Å²) in [6.45, 7) is -0.0173. The Morgan fingerprint density at radius 3 is 2.75 bits per heavy atom. The molecule has 1 nitrogen and oxygen atoms in total. The predicted octanol–water partition coefficient (Wildman–Crippen LogP) is 1.66. The van der Waals surface area contributed by atoms with Crippen molar-refractivity contribution in [2.75, 3.05) is 6.54 Å². The van der Waals surface area contributed by atoms with Gasteiger partial charge in [-0.2, -0.15) is 0 Å². The van der Waals surface area contributed by atoms with Crippen LogP contribution >= 0.6 is 0 Å². The first-order valence-electron chi connectivity index (χ1n) is 3.81. The monoisotopic (exact) mass is 171 g/mol. The fourth-order valence-electron chi connectivity index (χ4n) is 1.00. The molecule has 0 amide bonds. The maximum atomic E-state index is 12.7. The van der Waals surface area contributed by atoms with Gasteiger partial charge in [-0.25, -0.2) is 8.78 Å². The first kappa shape index (κ1) is 9.13. The van der Waals surface area contributed by atoms with Crippen LogP contribution in [0.4, 0.5) is 8.78 Å². The molecule has 0 radical (unpaired) electrons. The summed E-state index contributed by atoms with van der Waals surface area (Å²) in [5.41, 5.74) is 5.74. The van der Waals surface area contributed by atoms with E-state index in [1.54, 1.807) is 12.1 Å². The molecule has 0 aliphatic carbocycles. The summed E-state index contributed by atoms with van der Waals surface area (Å²) in [6.07, 6.45) is -0.888. The Bertz CT molecular complexity index is 250. The zero-order valence-corrected chi connectivity index (χ0v) is 6.63. The van der Waals surface area contributed by atoms with Gasteiger partial charge in [0.1, 0.15) is 12.0 Å². The van der Waals surface area contributed by atoms with Crippen molar-refractivity contribution >= 4 is 0 Å². The van der Waals surface area contributed by atoms with Crippen molar-refractivity contribution in [3.8, 4) is 0 Å². The second-order valence-corrected chi connectivity index (χ2v) is 2.67. The van der Waals surface area contributed by atoms with Gasteiger partial charge in [0.2, 0.25) is 0 Å². The summed E-state index contributed by atoms with van der Waals surface area (Å²) in [5.74, 6) is -0.336. The number of nitrogens with two attached hydrogens (primary N) is 1. The second-order valence-electron chi connectivity index (χ2n) is 2.67.